The monoisotopic (exact) mass is 365 g/mol. The third-order valence-electron chi connectivity index (χ3n) is 3.66. The number of rotatable bonds is 8. The fourth-order valence-electron chi connectivity index (χ4n) is 2.38. The van der Waals surface area contributed by atoms with E-state index in [2.05, 4.69) is 5.32 Å². The van der Waals surface area contributed by atoms with Crippen LogP contribution in [0.3, 0.4) is 0 Å². The van der Waals surface area contributed by atoms with Crippen LogP contribution in [0.5, 0.6) is 0 Å². The first-order valence-electron chi connectivity index (χ1n) is 8.06. The molecular weight excluding hydrogens is 344 g/mol. The van der Waals surface area contributed by atoms with E-state index in [0.29, 0.717) is 22.6 Å². The molecule has 134 valence electrons. The van der Waals surface area contributed by atoms with Gasteiger partial charge in [-0.25, -0.2) is 8.78 Å². The maximum atomic E-state index is 13.5. The van der Waals surface area contributed by atoms with E-state index >= 15 is 0 Å². The van der Waals surface area contributed by atoms with Gasteiger partial charge >= 0.3 is 0 Å². The molecule has 2 aromatic rings. The Morgan fingerprint density at radius 1 is 1.16 bits per heavy atom. The molecule has 0 aliphatic carbocycles. The van der Waals surface area contributed by atoms with Gasteiger partial charge in [0, 0.05) is 23.1 Å². The summed E-state index contributed by atoms with van der Waals surface area (Å²) in [6.45, 7) is 1.80. The summed E-state index contributed by atoms with van der Waals surface area (Å²) < 4.78 is 26.4. The molecule has 1 amide bonds. The van der Waals surface area contributed by atoms with Crippen LogP contribution in [-0.2, 0) is 4.79 Å². The molecule has 0 aliphatic rings. The molecule has 0 heterocycles. The Balaban J connectivity index is 1.72. The van der Waals surface area contributed by atoms with Gasteiger partial charge in [-0.2, -0.15) is 0 Å². The van der Waals surface area contributed by atoms with E-state index in [0.717, 1.165) is 0 Å². The number of thioether (sulfide) groups is 1. The van der Waals surface area contributed by atoms with Gasteiger partial charge < -0.3 is 10.4 Å². The summed E-state index contributed by atoms with van der Waals surface area (Å²) in [6.07, 6.45) is -0.183. The number of aliphatic hydroxyl groups excluding tert-OH is 1. The molecule has 6 heteroatoms. The van der Waals surface area contributed by atoms with Gasteiger partial charge in [-0.3, -0.25) is 4.79 Å². The van der Waals surface area contributed by atoms with E-state index in [1.54, 1.807) is 25.1 Å². The van der Waals surface area contributed by atoms with Crippen molar-refractivity contribution in [1.82, 2.24) is 5.32 Å². The molecule has 0 saturated carbocycles. The zero-order valence-corrected chi connectivity index (χ0v) is 14.7. The molecule has 0 radical (unpaired) electrons. The Hall–Kier alpha value is -1.92. The number of hydrogen-bond acceptors (Lipinski definition) is 3. The highest BCUT2D eigenvalue weighted by molar-refractivity contribution is 7.99. The summed E-state index contributed by atoms with van der Waals surface area (Å²) in [7, 11) is 0. The van der Waals surface area contributed by atoms with Crippen molar-refractivity contribution >= 4 is 17.7 Å². The maximum absolute atomic E-state index is 13.5. The zero-order valence-electron chi connectivity index (χ0n) is 13.9. The highest BCUT2D eigenvalue weighted by Crippen LogP contribution is 2.22. The molecule has 0 saturated heterocycles. The van der Waals surface area contributed by atoms with Crippen molar-refractivity contribution in [3.05, 3.63) is 65.7 Å². The SMILES string of the molecule is C[C@H](C[C@@H](O)c1ccc(F)cc1)NC(=O)CCSc1ccccc1F. The molecule has 25 heavy (non-hydrogen) atoms. The number of halogens is 2. The summed E-state index contributed by atoms with van der Waals surface area (Å²) in [5.74, 6) is -0.323. The second-order valence-electron chi connectivity index (χ2n) is 5.80. The molecule has 0 unspecified atom stereocenters. The molecule has 0 aliphatic heterocycles. The fourth-order valence-corrected chi connectivity index (χ4v) is 3.27. The number of hydrogen-bond donors (Lipinski definition) is 2. The van der Waals surface area contributed by atoms with Gasteiger partial charge in [0.25, 0.3) is 0 Å². The lowest BCUT2D eigenvalue weighted by atomic mass is 10.0. The van der Waals surface area contributed by atoms with E-state index in [-0.39, 0.29) is 30.0 Å². The molecule has 2 aromatic carbocycles. The topological polar surface area (TPSA) is 49.3 Å². The second kappa shape index (κ2) is 9.53. The average molecular weight is 365 g/mol. The second-order valence-corrected chi connectivity index (χ2v) is 6.94. The Kier molecular flexibility index (Phi) is 7.40. The Morgan fingerprint density at radius 2 is 1.84 bits per heavy atom. The molecule has 3 nitrogen and oxygen atoms in total. The van der Waals surface area contributed by atoms with E-state index in [1.165, 1.54) is 42.1 Å². The van der Waals surface area contributed by atoms with Crippen LogP contribution in [0, 0.1) is 11.6 Å². The third-order valence-corrected chi connectivity index (χ3v) is 4.71. The zero-order chi connectivity index (χ0) is 18.2. The molecule has 2 atom stereocenters. The van der Waals surface area contributed by atoms with Crippen LogP contribution in [0.4, 0.5) is 8.78 Å². The summed E-state index contributed by atoms with van der Waals surface area (Å²) in [6, 6.07) is 11.9. The van der Waals surface area contributed by atoms with Gasteiger partial charge in [0.1, 0.15) is 11.6 Å². The largest absolute Gasteiger partial charge is 0.388 e. The standard InChI is InChI=1S/C19H21F2NO2S/c1-13(12-17(23)14-6-8-15(20)9-7-14)22-19(24)10-11-25-18-5-3-2-4-16(18)21/h2-9,13,17,23H,10-12H2,1H3,(H,22,24)/t13-,17-/m1/s1. The lowest BCUT2D eigenvalue weighted by Crippen LogP contribution is -2.33. The maximum Gasteiger partial charge on any atom is 0.221 e. The molecule has 0 fully saturated rings. The fraction of sp³-hybridized carbons (Fsp3) is 0.316. The van der Waals surface area contributed by atoms with Crippen molar-refractivity contribution in [2.45, 2.75) is 36.8 Å². The van der Waals surface area contributed by atoms with Gasteiger partial charge in [-0.15, -0.1) is 11.8 Å². The van der Waals surface area contributed by atoms with Crippen LogP contribution in [-0.4, -0.2) is 22.8 Å². The number of carbonyl (C=O) groups excluding carboxylic acids is 1. The lowest BCUT2D eigenvalue weighted by molar-refractivity contribution is -0.121. The predicted octanol–water partition coefficient (Wildman–Crippen LogP) is 4.08. The Morgan fingerprint density at radius 3 is 2.52 bits per heavy atom. The van der Waals surface area contributed by atoms with Crippen molar-refractivity contribution in [3.8, 4) is 0 Å². The van der Waals surface area contributed by atoms with E-state index in [1.807, 2.05) is 0 Å². The van der Waals surface area contributed by atoms with Crippen molar-refractivity contribution < 1.29 is 18.7 Å². The van der Waals surface area contributed by atoms with Crippen molar-refractivity contribution in [2.24, 2.45) is 0 Å². The van der Waals surface area contributed by atoms with Crippen LogP contribution >= 0.6 is 11.8 Å². The molecule has 0 spiro atoms. The Labute approximate surface area is 150 Å². The number of nitrogens with one attached hydrogen (secondary N) is 1. The highest BCUT2D eigenvalue weighted by atomic mass is 32.2. The van der Waals surface area contributed by atoms with Crippen molar-refractivity contribution in [1.29, 1.82) is 0 Å². The minimum atomic E-state index is -0.774. The number of benzene rings is 2. The molecule has 2 rings (SSSR count). The predicted molar refractivity (Wildman–Crippen MR) is 95.3 cm³/mol. The normalized spacial score (nSPS) is 13.3. The van der Waals surface area contributed by atoms with Crippen LogP contribution in [0.2, 0.25) is 0 Å². The first-order chi connectivity index (χ1) is 12.0. The summed E-state index contributed by atoms with van der Waals surface area (Å²) in [5.41, 5.74) is 0.609. The van der Waals surface area contributed by atoms with Gasteiger partial charge in [0.2, 0.25) is 5.91 Å². The van der Waals surface area contributed by atoms with Gasteiger partial charge in [0.05, 0.1) is 6.10 Å². The number of carbonyl (C=O) groups is 1. The average Bonchev–Trinajstić information content (AvgIpc) is 2.57. The highest BCUT2D eigenvalue weighted by Gasteiger charge is 2.14. The number of amides is 1. The molecule has 0 bridgehead atoms. The lowest BCUT2D eigenvalue weighted by Gasteiger charge is -2.18. The van der Waals surface area contributed by atoms with Crippen LogP contribution in [0.15, 0.2) is 53.4 Å². The van der Waals surface area contributed by atoms with Gasteiger partial charge in [0.15, 0.2) is 0 Å². The first kappa shape index (κ1) is 19.4. The van der Waals surface area contributed by atoms with Crippen molar-refractivity contribution in [3.63, 3.8) is 0 Å². The van der Waals surface area contributed by atoms with Gasteiger partial charge in [-0.1, -0.05) is 24.3 Å². The minimum Gasteiger partial charge on any atom is -0.388 e. The molecule has 2 N–H and O–H groups in total. The molecule has 0 aromatic heterocycles. The Bertz CT molecular complexity index is 694. The van der Waals surface area contributed by atoms with Crippen molar-refractivity contribution in [2.75, 3.05) is 5.75 Å². The van der Waals surface area contributed by atoms with E-state index in [4.69, 9.17) is 0 Å². The summed E-state index contributed by atoms with van der Waals surface area (Å²) in [5, 5.41) is 12.9. The van der Waals surface area contributed by atoms with Crippen LogP contribution in [0.25, 0.3) is 0 Å². The summed E-state index contributed by atoms with van der Waals surface area (Å²) >= 11 is 1.29. The molecular formula is C19H21F2NO2S. The van der Waals surface area contributed by atoms with Crippen LogP contribution < -0.4 is 5.32 Å². The van der Waals surface area contributed by atoms with Crippen LogP contribution in [0.1, 0.15) is 31.4 Å². The van der Waals surface area contributed by atoms with E-state index < -0.39 is 6.10 Å². The summed E-state index contributed by atoms with van der Waals surface area (Å²) in [4.78, 5) is 12.5. The van der Waals surface area contributed by atoms with Gasteiger partial charge in [-0.05, 0) is 43.2 Å². The smallest absolute Gasteiger partial charge is 0.221 e. The third kappa shape index (κ3) is 6.48. The quantitative estimate of drug-likeness (QED) is 0.693. The number of aliphatic hydroxyl groups is 1. The van der Waals surface area contributed by atoms with E-state index in [9.17, 15) is 18.7 Å². The first-order valence-corrected chi connectivity index (χ1v) is 9.04. The minimum absolute atomic E-state index is 0.150.